The fourth-order valence-electron chi connectivity index (χ4n) is 1.84. The minimum Gasteiger partial charge on any atom is -0.465 e. The first-order valence-corrected chi connectivity index (χ1v) is 7.98. The van der Waals surface area contributed by atoms with Crippen molar-refractivity contribution < 1.29 is 4.42 Å². The molecule has 0 unspecified atom stereocenters. The van der Waals surface area contributed by atoms with Crippen LogP contribution in [0.25, 0.3) is 0 Å². The molecule has 0 amide bonds. The summed E-state index contributed by atoms with van der Waals surface area (Å²) < 4.78 is 6.73. The van der Waals surface area contributed by atoms with Crippen molar-refractivity contribution >= 4 is 27.3 Å². The van der Waals surface area contributed by atoms with Crippen LogP contribution in [0.15, 0.2) is 32.5 Å². The van der Waals surface area contributed by atoms with Crippen molar-refractivity contribution in [3.05, 3.63) is 44.4 Å². The third-order valence-corrected chi connectivity index (χ3v) is 4.51. The molecule has 19 heavy (non-hydrogen) atoms. The van der Waals surface area contributed by atoms with Crippen molar-refractivity contribution in [3.8, 4) is 0 Å². The predicted molar refractivity (Wildman–Crippen MR) is 83.5 cm³/mol. The van der Waals surface area contributed by atoms with Crippen molar-refractivity contribution in [1.82, 2.24) is 10.2 Å². The van der Waals surface area contributed by atoms with Gasteiger partial charge in [0, 0.05) is 34.4 Å². The Kier molecular flexibility index (Phi) is 5.63. The monoisotopic (exact) mass is 342 g/mol. The van der Waals surface area contributed by atoms with Crippen LogP contribution in [0.1, 0.15) is 16.4 Å². The molecule has 0 aliphatic rings. The van der Waals surface area contributed by atoms with Gasteiger partial charge in [-0.1, -0.05) is 0 Å². The Labute approximate surface area is 126 Å². The Morgan fingerprint density at radius 1 is 1.42 bits per heavy atom. The van der Waals surface area contributed by atoms with Gasteiger partial charge in [0.15, 0.2) is 0 Å². The molecular formula is C14H19BrN2OS. The summed E-state index contributed by atoms with van der Waals surface area (Å²) in [7, 11) is 2.11. The molecule has 2 rings (SSSR count). The van der Waals surface area contributed by atoms with Crippen molar-refractivity contribution in [2.24, 2.45) is 0 Å². The zero-order chi connectivity index (χ0) is 13.7. The summed E-state index contributed by atoms with van der Waals surface area (Å²) in [5.41, 5.74) is 0. The second kappa shape index (κ2) is 7.24. The fraction of sp³-hybridized carbons (Fsp3) is 0.429. The number of aryl methyl sites for hydroxylation is 1. The maximum absolute atomic E-state index is 5.57. The lowest BCUT2D eigenvalue weighted by atomic mass is 10.4. The molecule has 0 fully saturated rings. The number of likely N-dealkylation sites (N-methyl/N-ethyl adjacent to an activating group) is 1. The normalized spacial score (nSPS) is 11.4. The van der Waals surface area contributed by atoms with E-state index in [9.17, 15) is 0 Å². The van der Waals surface area contributed by atoms with Gasteiger partial charge in [0.1, 0.15) is 11.5 Å². The highest BCUT2D eigenvalue weighted by atomic mass is 79.9. The number of nitrogens with zero attached hydrogens (tertiary/aromatic N) is 1. The second-order valence-corrected chi connectivity index (χ2v) is 6.57. The Morgan fingerprint density at radius 3 is 2.89 bits per heavy atom. The zero-order valence-corrected chi connectivity index (χ0v) is 13.7. The molecule has 0 aliphatic heterocycles. The van der Waals surface area contributed by atoms with Gasteiger partial charge < -0.3 is 9.73 Å². The molecule has 3 nitrogen and oxygen atoms in total. The van der Waals surface area contributed by atoms with E-state index in [1.165, 1.54) is 9.35 Å². The van der Waals surface area contributed by atoms with Gasteiger partial charge in [-0.25, -0.2) is 0 Å². The molecular weight excluding hydrogens is 324 g/mol. The molecule has 5 heteroatoms. The van der Waals surface area contributed by atoms with Gasteiger partial charge in [-0.3, -0.25) is 4.90 Å². The van der Waals surface area contributed by atoms with Crippen LogP contribution in [-0.4, -0.2) is 25.0 Å². The molecule has 104 valence electrons. The lowest BCUT2D eigenvalue weighted by molar-refractivity contribution is 0.291. The SMILES string of the molecule is Cc1ccc(CN(C)CCNCc2cc(Br)cs2)o1. The summed E-state index contributed by atoms with van der Waals surface area (Å²) in [6, 6.07) is 6.21. The van der Waals surface area contributed by atoms with E-state index in [0.29, 0.717) is 0 Å². The summed E-state index contributed by atoms with van der Waals surface area (Å²) in [4.78, 5) is 3.62. The van der Waals surface area contributed by atoms with Crippen molar-refractivity contribution in [1.29, 1.82) is 0 Å². The highest BCUT2D eigenvalue weighted by Crippen LogP contribution is 2.19. The lowest BCUT2D eigenvalue weighted by Gasteiger charge is -2.15. The van der Waals surface area contributed by atoms with Crippen LogP contribution in [0, 0.1) is 6.92 Å². The van der Waals surface area contributed by atoms with E-state index in [1.54, 1.807) is 11.3 Å². The molecule has 0 saturated heterocycles. The van der Waals surface area contributed by atoms with E-state index in [0.717, 1.165) is 37.7 Å². The quantitative estimate of drug-likeness (QED) is 0.778. The summed E-state index contributed by atoms with van der Waals surface area (Å²) in [6.07, 6.45) is 0. The second-order valence-electron chi connectivity index (χ2n) is 4.66. The van der Waals surface area contributed by atoms with Crippen LogP contribution >= 0.6 is 27.3 Å². The first-order valence-electron chi connectivity index (χ1n) is 6.31. The lowest BCUT2D eigenvalue weighted by Crippen LogP contribution is -2.28. The van der Waals surface area contributed by atoms with E-state index in [2.05, 4.69) is 44.6 Å². The Hall–Kier alpha value is -0.620. The molecule has 1 N–H and O–H groups in total. The average molecular weight is 343 g/mol. The molecule has 2 heterocycles. The van der Waals surface area contributed by atoms with E-state index in [-0.39, 0.29) is 0 Å². The average Bonchev–Trinajstić information content (AvgIpc) is 2.94. The number of furan rings is 1. The number of hydrogen-bond donors (Lipinski definition) is 1. The molecule has 0 atom stereocenters. The smallest absolute Gasteiger partial charge is 0.118 e. The largest absolute Gasteiger partial charge is 0.465 e. The van der Waals surface area contributed by atoms with E-state index in [4.69, 9.17) is 4.42 Å². The standard InChI is InChI=1S/C14H19BrN2OS/c1-11-3-4-13(18-11)9-17(2)6-5-16-8-14-7-12(15)10-19-14/h3-4,7,10,16H,5-6,8-9H2,1-2H3. The Balaban J connectivity index is 1.62. The van der Waals surface area contributed by atoms with Crippen molar-refractivity contribution in [3.63, 3.8) is 0 Å². The first-order chi connectivity index (χ1) is 9.13. The van der Waals surface area contributed by atoms with Gasteiger partial charge in [-0.2, -0.15) is 0 Å². The first kappa shape index (κ1) is 14.8. The molecule has 0 radical (unpaired) electrons. The minimum atomic E-state index is 0.861. The van der Waals surface area contributed by atoms with Crippen LogP contribution in [0.5, 0.6) is 0 Å². The van der Waals surface area contributed by atoms with Crippen molar-refractivity contribution in [2.45, 2.75) is 20.0 Å². The summed E-state index contributed by atoms with van der Waals surface area (Å²) in [6.45, 7) is 5.76. The molecule has 0 saturated carbocycles. The molecule has 0 aliphatic carbocycles. The Bertz CT molecular complexity index is 509. The molecule has 2 aromatic rings. The molecule has 0 spiro atoms. The topological polar surface area (TPSA) is 28.4 Å². The van der Waals surface area contributed by atoms with Gasteiger partial charge >= 0.3 is 0 Å². The predicted octanol–water partition coefficient (Wildman–Crippen LogP) is 3.63. The maximum Gasteiger partial charge on any atom is 0.118 e. The van der Waals surface area contributed by atoms with Gasteiger partial charge in [-0.15, -0.1) is 11.3 Å². The molecule has 0 bridgehead atoms. The number of halogens is 1. The van der Waals surface area contributed by atoms with Crippen LogP contribution < -0.4 is 5.32 Å². The number of nitrogens with one attached hydrogen (secondary N) is 1. The maximum atomic E-state index is 5.57. The van der Waals surface area contributed by atoms with E-state index < -0.39 is 0 Å². The number of thiophene rings is 1. The highest BCUT2D eigenvalue weighted by molar-refractivity contribution is 9.10. The van der Waals surface area contributed by atoms with Crippen LogP contribution in [0.4, 0.5) is 0 Å². The van der Waals surface area contributed by atoms with Gasteiger partial charge in [-0.05, 0) is 48.1 Å². The van der Waals surface area contributed by atoms with Crippen LogP contribution in [0.3, 0.4) is 0 Å². The molecule has 2 aromatic heterocycles. The summed E-state index contributed by atoms with van der Waals surface area (Å²) in [5.74, 6) is 2.01. The number of rotatable bonds is 7. The van der Waals surface area contributed by atoms with Gasteiger partial charge in [0.25, 0.3) is 0 Å². The van der Waals surface area contributed by atoms with Crippen LogP contribution in [-0.2, 0) is 13.1 Å². The van der Waals surface area contributed by atoms with Crippen LogP contribution in [0.2, 0.25) is 0 Å². The third kappa shape index (κ3) is 5.10. The van der Waals surface area contributed by atoms with Gasteiger partial charge in [0.05, 0.1) is 6.54 Å². The summed E-state index contributed by atoms with van der Waals surface area (Å²) in [5, 5.41) is 5.57. The van der Waals surface area contributed by atoms with Crippen molar-refractivity contribution in [2.75, 3.05) is 20.1 Å². The highest BCUT2D eigenvalue weighted by Gasteiger charge is 2.03. The minimum absolute atomic E-state index is 0.861. The Morgan fingerprint density at radius 2 is 2.26 bits per heavy atom. The summed E-state index contributed by atoms with van der Waals surface area (Å²) >= 11 is 5.24. The van der Waals surface area contributed by atoms with E-state index in [1.807, 2.05) is 19.1 Å². The fourth-order valence-corrected chi connectivity index (χ4v) is 3.26. The van der Waals surface area contributed by atoms with Gasteiger partial charge in [0.2, 0.25) is 0 Å². The zero-order valence-electron chi connectivity index (χ0n) is 11.3. The number of hydrogen-bond acceptors (Lipinski definition) is 4. The molecule has 0 aromatic carbocycles. The third-order valence-electron chi connectivity index (χ3n) is 2.81. The van der Waals surface area contributed by atoms with E-state index >= 15 is 0 Å².